The van der Waals surface area contributed by atoms with Crippen molar-refractivity contribution in [2.24, 2.45) is 0 Å². The first kappa shape index (κ1) is 15.5. The van der Waals surface area contributed by atoms with E-state index in [1.165, 1.54) is 0 Å². The van der Waals surface area contributed by atoms with Gasteiger partial charge in [-0.15, -0.1) is 11.8 Å². The van der Waals surface area contributed by atoms with E-state index >= 15 is 0 Å². The lowest BCUT2D eigenvalue weighted by Gasteiger charge is -2.13. The van der Waals surface area contributed by atoms with Gasteiger partial charge in [0, 0.05) is 17.9 Å². The number of methoxy groups -OCH3 is 1. The van der Waals surface area contributed by atoms with Crippen LogP contribution in [0, 0.1) is 0 Å². The van der Waals surface area contributed by atoms with Gasteiger partial charge in [0.15, 0.2) is 5.16 Å². The lowest BCUT2D eigenvalue weighted by molar-refractivity contribution is 0.414. The van der Waals surface area contributed by atoms with Crippen LogP contribution in [0.25, 0.3) is 5.69 Å². The van der Waals surface area contributed by atoms with Gasteiger partial charge in [-0.05, 0) is 30.7 Å². The van der Waals surface area contributed by atoms with Crippen molar-refractivity contribution in [1.82, 2.24) is 9.55 Å². The van der Waals surface area contributed by atoms with Crippen LogP contribution in [0.1, 0.15) is 19.0 Å². The molecule has 0 N–H and O–H groups in total. The van der Waals surface area contributed by atoms with Crippen molar-refractivity contribution >= 4 is 23.5 Å². The molecule has 2 heterocycles. The molecule has 0 fully saturated rings. The molecule has 1 aromatic carbocycles. The molecule has 0 bridgehead atoms. The molecule has 0 atom stereocenters. The summed E-state index contributed by atoms with van der Waals surface area (Å²) in [6.07, 6.45) is 1.94. The molecule has 0 radical (unpaired) electrons. The van der Waals surface area contributed by atoms with Gasteiger partial charge in [0.05, 0.1) is 23.4 Å². The summed E-state index contributed by atoms with van der Waals surface area (Å²) in [7, 11) is 1.64. The third-order valence-electron chi connectivity index (χ3n) is 3.43. The predicted molar refractivity (Wildman–Crippen MR) is 91.8 cm³/mol. The maximum Gasteiger partial charge on any atom is 0.272 e. The van der Waals surface area contributed by atoms with E-state index in [1.54, 1.807) is 35.2 Å². The molecule has 1 aliphatic rings. The maximum atomic E-state index is 12.9. The van der Waals surface area contributed by atoms with Crippen LogP contribution in [0.5, 0.6) is 5.75 Å². The van der Waals surface area contributed by atoms with E-state index in [9.17, 15) is 4.79 Å². The van der Waals surface area contributed by atoms with Gasteiger partial charge < -0.3 is 4.74 Å². The number of thioether (sulfide) groups is 2. The fraction of sp³-hybridized carbons (Fsp3) is 0.375. The Morgan fingerprint density at radius 3 is 2.82 bits per heavy atom. The number of rotatable bonds is 5. The second-order valence-electron chi connectivity index (χ2n) is 4.96. The van der Waals surface area contributed by atoms with E-state index in [0.29, 0.717) is 0 Å². The number of aryl methyl sites for hydroxylation is 1. The molecule has 1 aromatic heterocycles. The zero-order valence-electron chi connectivity index (χ0n) is 12.7. The van der Waals surface area contributed by atoms with E-state index in [4.69, 9.17) is 9.72 Å². The van der Waals surface area contributed by atoms with Crippen LogP contribution >= 0.6 is 23.5 Å². The number of nitrogens with zero attached hydrogens (tertiary/aromatic N) is 2. The molecule has 22 heavy (non-hydrogen) atoms. The van der Waals surface area contributed by atoms with Gasteiger partial charge in [-0.2, -0.15) is 0 Å². The minimum absolute atomic E-state index is 0.0521. The summed E-state index contributed by atoms with van der Waals surface area (Å²) in [5.41, 5.74) is 1.85. The SMILES string of the molecule is CCCSc1nc2c(c(=O)n1-c1ccc(OC)cc1)SCC2. The Kier molecular flexibility index (Phi) is 4.78. The lowest BCUT2D eigenvalue weighted by Crippen LogP contribution is -2.23. The zero-order valence-corrected chi connectivity index (χ0v) is 14.3. The second kappa shape index (κ2) is 6.79. The summed E-state index contributed by atoms with van der Waals surface area (Å²) in [6, 6.07) is 7.56. The number of ether oxygens (including phenoxy) is 1. The average molecular weight is 334 g/mol. The summed E-state index contributed by atoms with van der Waals surface area (Å²) >= 11 is 3.26. The number of aromatic nitrogens is 2. The number of benzene rings is 1. The smallest absolute Gasteiger partial charge is 0.272 e. The summed E-state index contributed by atoms with van der Waals surface area (Å²) in [5, 5.41) is 0.790. The Labute approximate surface area is 138 Å². The van der Waals surface area contributed by atoms with Crippen LogP contribution in [0.15, 0.2) is 39.1 Å². The van der Waals surface area contributed by atoms with Crippen LogP contribution in [0.4, 0.5) is 0 Å². The normalized spacial score (nSPS) is 13.2. The van der Waals surface area contributed by atoms with E-state index in [1.807, 2.05) is 24.3 Å². The largest absolute Gasteiger partial charge is 0.497 e. The third kappa shape index (κ3) is 2.90. The van der Waals surface area contributed by atoms with Crippen LogP contribution in [-0.2, 0) is 6.42 Å². The number of hydrogen-bond donors (Lipinski definition) is 0. The molecule has 4 nitrogen and oxygen atoms in total. The molecule has 6 heteroatoms. The van der Waals surface area contributed by atoms with E-state index in [0.717, 1.165) is 51.5 Å². The van der Waals surface area contributed by atoms with Crippen LogP contribution in [-0.4, -0.2) is 28.2 Å². The van der Waals surface area contributed by atoms with Crippen LogP contribution < -0.4 is 10.3 Å². The first-order valence-electron chi connectivity index (χ1n) is 7.30. The van der Waals surface area contributed by atoms with E-state index in [-0.39, 0.29) is 5.56 Å². The Hall–Kier alpha value is -1.40. The van der Waals surface area contributed by atoms with Crippen molar-refractivity contribution in [3.8, 4) is 11.4 Å². The molecule has 0 saturated carbocycles. The zero-order chi connectivity index (χ0) is 15.5. The highest BCUT2D eigenvalue weighted by Gasteiger charge is 2.22. The average Bonchev–Trinajstić information content (AvgIpc) is 3.02. The third-order valence-corrected chi connectivity index (χ3v) is 5.68. The van der Waals surface area contributed by atoms with Crippen molar-refractivity contribution < 1.29 is 4.74 Å². The summed E-state index contributed by atoms with van der Waals surface area (Å²) in [6.45, 7) is 2.13. The van der Waals surface area contributed by atoms with Crippen LogP contribution in [0.2, 0.25) is 0 Å². The highest BCUT2D eigenvalue weighted by atomic mass is 32.2. The Morgan fingerprint density at radius 2 is 2.14 bits per heavy atom. The lowest BCUT2D eigenvalue weighted by atomic mass is 10.3. The fourth-order valence-corrected chi connectivity index (χ4v) is 4.25. The number of fused-ring (bicyclic) bond motifs is 1. The first-order valence-corrected chi connectivity index (χ1v) is 9.27. The van der Waals surface area contributed by atoms with Crippen molar-refractivity contribution in [3.05, 3.63) is 40.3 Å². The highest BCUT2D eigenvalue weighted by Crippen LogP contribution is 2.30. The van der Waals surface area contributed by atoms with Gasteiger partial charge in [0.2, 0.25) is 0 Å². The molecule has 0 spiro atoms. The Bertz CT molecular complexity index is 726. The standard InChI is InChI=1S/C16H18N2O2S2/c1-3-9-22-16-17-13-8-10-21-14(13)15(19)18(16)11-4-6-12(20-2)7-5-11/h4-7H,3,8-10H2,1-2H3. The fourth-order valence-electron chi connectivity index (χ4n) is 2.34. The summed E-state index contributed by atoms with van der Waals surface area (Å²) in [4.78, 5) is 18.4. The Morgan fingerprint density at radius 1 is 1.36 bits per heavy atom. The number of hydrogen-bond acceptors (Lipinski definition) is 5. The van der Waals surface area contributed by atoms with Gasteiger partial charge >= 0.3 is 0 Å². The molecule has 1 aliphatic heterocycles. The van der Waals surface area contributed by atoms with Crippen molar-refractivity contribution in [3.63, 3.8) is 0 Å². The van der Waals surface area contributed by atoms with Crippen molar-refractivity contribution in [2.75, 3.05) is 18.6 Å². The molecular weight excluding hydrogens is 316 g/mol. The van der Waals surface area contributed by atoms with Gasteiger partial charge in [0.1, 0.15) is 5.75 Å². The molecule has 3 rings (SSSR count). The molecule has 0 amide bonds. The molecule has 2 aromatic rings. The quantitative estimate of drug-likeness (QED) is 0.619. The van der Waals surface area contributed by atoms with E-state index < -0.39 is 0 Å². The summed E-state index contributed by atoms with van der Waals surface area (Å²) in [5.74, 6) is 2.68. The van der Waals surface area contributed by atoms with Gasteiger partial charge in [-0.1, -0.05) is 18.7 Å². The summed E-state index contributed by atoms with van der Waals surface area (Å²) < 4.78 is 6.93. The van der Waals surface area contributed by atoms with Gasteiger partial charge in [-0.25, -0.2) is 4.98 Å². The maximum absolute atomic E-state index is 12.9. The molecule has 116 valence electrons. The molecule has 0 saturated heterocycles. The van der Waals surface area contributed by atoms with Crippen molar-refractivity contribution in [2.45, 2.75) is 29.8 Å². The predicted octanol–water partition coefficient (Wildman–Crippen LogP) is 3.39. The first-order chi connectivity index (χ1) is 10.7. The van der Waals surface area contributed by atoms with Crippen molar-refractivity contribution in [1.29, 1.82) is 0 Å². The topological polar surface area (TPSA) is 44.1 Å². The monoisotopic (exact) mass is 334 g/mol. The van der Waals surface area contributed by atoms with E-state index in [2.05, 4.69) is 6.92 Å². The highest BCUT2D eigenvalue weighted by molar-refractivity contribution is 7.99. The second-order valence-corrected chi connectivity index (χ2v) is 7.12. The molecule has 0 aliphatic carbocycles. The molecule has 0 unspecified atom stereocenters. The minimum atomic E-state index is 0.0521. The van der Waals surface area contributed by atoms with Crippen LogP contribution in [0.3, 0.4) is 0 Å². The molecular formula is C16H18N2O2S2. The Balaban J connectivity index is 2.12. The van der Waals surface area contributed by atoms with Gasteiger partial charge in [0.25, 0.3) is 5.56 Å². The van der Waals surface area contributed by atoms with Gasteiger partial charge in [-0.3, -0.25) is 9.36 Å². The minimum Gasteiger partial charge on any atom is -0.497 e.